The molecular formula is C11H19N3O4. The number of nitrogens with two attached hydrogens (primary N) is 1. The lowest BCUT2D eigenvalue weighted by Crippen LogP contribution is -2.54. The van der Waals surface area contributed by atoms with Crippen molar-refractivity contribution >= 4 is 24.0 Å². The van der Waals surface area contributed by atoms with E-state index in [1.165, 1.54) is 27.7 Å². The van der Waals surface area contributed by atoms with Gasteiger partial charge in [0, 0.05) is 6.92 Å². The minimum atomic E-state index is -0.921. The quantitative estimate of drug-likeness (QED) is 0.601. The molecule has 102 valence electrons. The van der Waals surface area contributed by atoms with Crippen LogP contribution in [0.15, 0.2) is 0 Å². The number of hydrogen-bond acceptors (Lipinski definition) is 5. The molecule has 0 aromatic heterocycles. The van der Waals surface area contributed by atoms with Gasteiger partial charge < -0.3 is 15.8 Å². The van der Waals surface area contributed by atoms with Crippen molar-refractivity contribution in [2.45, 2.75) is 45.8 Å². The van der Waals surface area contributed by atoms with E-state index in [2.05, 4.69) is 5.32 Å². The Morgan fingerprint density at radius 1 is 1.22 bits per heavy atom. The van der Waals surface area contributed by atoms with E-state index >= 15 is 0 Å². The lowest BCUT2D eigenvalue weighted by Gasteiger charge is -2.26. The first-order valence-corrected chi connectivity index (χ1v) is 5.57. The predicted octanol–water partition coefficient (Wildman–Crippen LogP) is -1.20. The topological polar surface area (TPSA) is 110 Å². The Bertz CT molecular complexity index is 354. The summed E-state index contributed by atoms with van der Waals surface area (Å²) in [5.41, 5.74) is 5.35. The maximum Gasteiger partial charge on any atom is 0.252 e. The van der Waals surface area contributed by atoms with E-state index in [4.69, 9.17) is 5.73 Å². The fourth-order valence-corrected chi connectivity index (χ4v) is 1.32. The minimum Gasteiger partial charge on any atom is -0.343 e. The van der Waals surface area contributed by atoms with Crippen molar-refractivity contribution in [3.63, 3.8) is 0 Å². The fourth-order valence-electron chi connectivity index (χ4n) is 1.32. The summed E-state index contributed by atoms with van der Waals surface area (Å²) < 4.78 is 0. The number of nitrogens with one attached hydrogen (secondary N) is 1. The van der Waals surface area contributed by atoms with Crippen LogP contribution in [-0.2, 0) is 19.2 Å². The Balaban J connectivity index is 4.83. The summed E-state index contributed by atoms with van der Waals surface area (Å²) in [5, 5.41) is 2.37. The molecule has 3 N–H and O–H groups in total. The molecule has 0 aromatic carbocycles. The van der Waals surface area contributed by atoms with E-state index in [0.717, 1.165) is 4.90 Å². The van der Waals surface area contributed by atoms with Crippen molar-refractivity contribution in [2.75, 3.05) is 0 Å². The molecule has 0 unspecified atom stereocenters. The summed E-state index contributed by atoms with van der Waals surface area (Å²) in [7, 11) is 0. The van der Waals surface area contributed by atoms with Gasteiger partial charge in [0.05, 0.1) is 12.1 Å². The summed E-state index contributed by atoms with van der Waals surface area (Å²) in [6.07, 6.45) is 0.486. The number of rotatable bonds is 5. The molecule has 0 radical (unpaired) electrons. The molecule has 18 heavy (non-hydrogen) atoms. The molecule has 3 atom stereocenters. The normalized spacial score (nSPS) is 15.2. The molecule has 0 aliphatic heterocycles. The van der Waals surface area contributed by atoms with E-state index in [1.807, 2.05) is 0 Å². The van der Waals surface area contributed by atoms with Gasteiger partial charge in [0.2, 0.25) is 11.8 Å². The zero-order valence-corrected chi connectivity index (χ0v) is 11.0. The molecule has 0 spiro atoms. The number of amides is 3. The number of aldehydes is 1. The van der Waals surface area contributed by atoms with Crippen LogP contribution >= 0.6 is 0 Å². The van der Waals surface area contributed by atoms with Crippen LogP contribution in [0.1, 0.15) is 27.7 Å². The molecule has 0 aliphatic rings. The summed E-state index contributed by atoms with van der Waals surface area (Å²) in [6.45, 7) is 5.50. The van der Waals surface area contributed by atoms with E-state index < -0.39 is 35.8 Å². The molecule has 3 amide bonds. The highest BCUT2D eigenvalue weighted by atomic mass is 16.2. The molecule has 0 aromatic rings. The van der Waals surface area contributed by atoms with E-state index in [9.17, 15) is 19.2 Å². The second-order valence-corrected chi connectivity index (χ2v) is 4.12. The number of carbonyl (C=O) groups is 4. The lowest BCUT2D eigenvalue weighted by molar-refractivity contribution is -0.149. The van der Waals surface area contributed by atoms with Crippen molar-refractivity contribution in [3.8, 4) is 0 Å². The van der Waals surface area contributed by atoms with Crippen LogP contribution in [0.5, 0.6) is 0 Å². The second-order valence-electron chi connectivity index (χ2n) is 4.12. The number of carbonyl (C=O) groups excluding carboxylic acids is 4. The van der Waals surface area contributed by atoms with E-state index in [0.29, 0.717) is 6.29 Å². The fraction of sp³-hybridized carbons (Fsp3) is 0.636. The van der Waals surface area contributed by atoms with E-state index in [-0.39, 0.29) is 0 Å². The molecule has 0 heterocycles. The van der Waals surface area contributed by atoms with Gasteiger partial charge in [0.1, 0.15) is 12.3 Å². The molecule has 0 saturated heterocycles. The van der Waals surface area contributed by atoms with Crippen LogP contribution in [0, 0.1) is 0 Å². The smallest absolute Gasteiger partial charge is 0.252 e. The van der Waals surface area contributed by atoms with Gasteiger partial charge in [-0.1, -0.05) is 0 Å². The highest BCUT2D eigenvalue weighted by Crippen LogP contribution is 2.02. The second kappa shape index (κ2) is 6.85. The Morgan fingerprint density at radius 3 is 2.06 bits per heavy atom. The molecule has 0 saturated carbocycles. The highest BCUT2D eigenvalue weighted by Gasteiger charge is 2.29. The first-order chi connectivity index (χ1) is 8.22. The van der Waals surface area contributed by atoms with Crippen LogP contribution in [0.3, 0.4) is 0 Å². The maximum atomic E-state index is 11.9. The van der Waals surface area contributed by atoms with E-state index in [1.54, 1.807) is 0 Å². The third-order valence-electron chi connectivity index (χ3n) is 2.32. The van der Waals surface area contributed by atoms with Gasteiger partial charge >= 0.3 is 0 Å². The predicted molar refractivity (Wildman–Crippen MR) is 64.3 cm³/mol. The summed E-state index contributed by atoms with van der Waals surface area (Å²) in [5.74, 6) is -1.70. The van der Waals surface area contributed by atoms with Gasteiger partial charge in [-0.25, -0.2) is 0 Å². The van der Waals surface area contributed by atoms with Crippen molar-refractivity contribution in [1.29, 1.82) is 0 Å². The zero-order chi connectivity index (χ0) is 14.5. The first kappa shape index (κ1) is 16.2. The molecule has 0 fully saturated rings. The SMILES string of the molecule is CC(=O)N(C(=O)[C@H](C)NC(=O)[C@H](C)N)[C@@H](C)C=O. The van der Waals surface area contributed by atoms with Crippen molar-refractivity contribution in [3.05, 3.63) is 0 Å². The summed E-state index contributed by atoms with van der Waals surface area (Å²) in [4.78, 5) is 46.0. The van der Waals surface area contributed by atoms with Crippen LogP contribution in [0.4, 0.5) is 0 Å². The average Bonchev–Trinajstić information content (AvgIpc) is 2.27. The lowest BCUT2D eigenvalue weighted by atomic mass is 10.2. The molecular weight excluding hydrogens is 238 g/mol. The third-order valence-corrected chi connectivity index (χ3v) is 2.32. The summed E-state index contributed by atoms with van der Waals surface area (Å²) in [6, 6.07) is -2.55. The molecule has 0 bridgehead atoms. The number of nitrogens with zero attached hydrogens (tertiary/aromatic N) is 1. The summed E-state index contributed by atoms with van der Waals surface area (Å²) >= 11 is 0. The Hall–Kier alpha value is -1.76. The Morgan fingerprint density at radius 2 is 1.72 bits per heavy atom. The van der Waals surface area contributed by atoms with Crippen LogP contribution < -0.4 is 11.1 Å². The molecule has 7 heteroatoms. The maximum absolute atomic E-state index is 11.9. The van der Waals surface area contributed by atoms with Gasteiger partial charge in [0.25, 0.3) is 5.91 Å². The zero-order valence-electron chi connectivity index (χ0n) is 11.0. The highest BCUT2D eigenvalue weighted by molar-refractivity contribution is 6.00. The van der Waals surface area contributed by atoms with Gasteiger partial charge in [0.15, 0.2) is 0 Å². The van der Waals surface area contributed by atoms with Gasteiger partial charge in [-0.05, 0) is 20.8 Å². The number of imide groups is 1. The third kappa shape index (κ3) is 4.25. The van der Waals surface area contributed by atoms with Gasteiger partial charge in [-0.3, -0.25) is 19.3 Å². The largest absolute Gasteiger partial charge is 0.343 e. The Labute approximate surface area is 106 Å². The van der Waals surface area contributed by atoms with Crippen LogP contribution in [0.2, 0.25) is 0 Å². The Kier molecular flexibility index (Phi) is 6.18. The van der Waals surface area contributed by atoms with Gasteiger partial charge in [-0.2, -0.15) is 0 Å². The number of hydrogen-bond donors (Lipinski definition) is 2. The minimum absolute atomic E-state index is 0.486. The standard InChI is InChI=1S/C11H19N3O4/c1-6(5-15)14(9(4)16)11(18)8(3)13-10(17)7(2)12/h5-8H,12H2,1-4H3,(H,13,17)/t6-,7-,8-/m0/s1. The molecule has 0 aliphatic carbocycles. The first-order valence-electron chi connectivity index (χ1n) is 5.57. The van der Waals surface area contributed by atoms with Crippen molar-refractivity contribution in [2.24, 2.45) is 5.73 Å². The van der Waals surface area contributed by atoms with Crippen molar-refractivity contribution in [1.82, 2.24) is 10.2 Å². The van der Waals surface area contributed by atoms with Crippen molar-refractivity contribution < 1.29 is 19.2 Å². The average molecular weight is 257 g/mol. The van der Waals surface area contributed by atoms with Crippen LogP contribution in [0.25, 0.3) is 0 Å². The monoisotopic (exact) mass is 257 g/mol. The van der Waals surface area contributed by atoms with Gasteiger partial charge in [-0.15, -0.1) is 0 Å². The van der Waals surface area contributed by atoms with Crippen LogP contribution in [-0.4, -0.2) is 47.0 Å². The molecule has 7 nitrogen and oxygen atoms in total. The molecule has 0 rings (SSSR count).